The molecule has 0 spiro atoms. The van der Waals surface area contributed by atoms with Gasteiger partial charge in [-0.1, -0.05) is 0 Å². The molecule has 0 aromatic heterocycles. The normalized spacial score (nSPS) is 9.79. The largest absolute Gasteiger partial charge is 0.495 e. The second-order valence-electron chi connectivity index (χ2n) is 3.78. The molecule has 2 aromatic carbocycles. The molecule has 0 aliphatic heterocycles. The van der Waals surface area contributed by atoms with E-state index >= 15 is 0 Å². The Labute approximate surface area is 118 Å². The summed E-state index contributed by atoms with van der Waals surface area (Å²) in [6, 6.07) is 11.6. The van der Waals surface area contributed by atoms with Crippen molar-refractivity contribution in [1.82, 2.24) is 0 Å². The zero-order valence-electron chi connectivity index (χ0n) is 10.1. The number of benzene rings is 2. The highest BCUT2D eigenvalue weighted by molar-refractivity contribution is 9.10. The molecule has 0 atom stereocenters. The highest BCUT2D eigenvalue weighted by Gasteiger charge is 2.05. The number of nitrogens with one attached hydrogen (secondary N) is 1. The van der Waals surface area contributed by atoms with Gasteiger partial charge in [-0.3, -0.25) is 0 Å². The molecule has 5 heteroatoms. The van der Waals surface area contributed by atoms with Crippen LogP contribution in [-0.2, 0) is 0 Å². The Bertz CT molecular complexity index is 643. The van der Waals surface area contributed by atoms with E-state index in [1.807, 2.05) is 12.1 Å². The minimum atomic E-state index is -0.545. The molecular formula is C14H10BrFN2O. The maximum absolute atomic E-state index is 13.5. The monoisotopic (exact) mass is 320 g/mol. The molecule has 2 rings (SSSR count). The molecule has 0 radical (unpaired) electrons. The lowest BCUT2D eigenvalue weighted by Crippen LogP contribution is -1.94. The minimum Gasteiger partial charge on any atom is -0.495 e. The van der Waals surface area contributed by atoms with Crippen molar-refractivity contribution < 1.29 is 9.13 Å². The van der Waals surface area contributed by atoms with Crippen molar-refractivity contribution >= 4 is 27.3 Å². The number of rotatable bonds is 3. The van der Waals surface area contributed by atoms with Crippen molar-refractivity contribution in [2.45, 2.75) is 0 Å². The topological polar surface area (TPSA) is 45.0 Å². The summed E-state index contributed by atoms with van der Waals surface area (Å²) >= 11 is 3.36. The lowest BCUT2D eigenvalue weighted by Gasteiger charge is -2.09. The Morgan fingerprint density at radius 3 is 2.53 bits per heavy atom. The lowest BCUT2D eigenvalue weighted by atomic mass is 10.2. The van der Waals surface area contributed by atoms with Gasteiger partial charge in [0.1, 0.15) is 17.6 Å². The first kappa shape index (κ1) is 13.4. The van der Waals surface area contributed by atoms with Gasteiger partial charge in [0, 0.05) is 17.4 Å². The Hall–Kier alpha value is -2.06. The Morgan fingerprint density at radius 2 is 1.89 bits per heavy atom. The zero-order valence-corrected chi connectivity index (χ0v) is 11.7. The molecule has 0 bridgehead atoms. The average Bonchev–Trinajstić information content (AvgIpc) is 2.41. The number of hydrogen-bond donors (Lipinski definition) is 1. The van der Waals surface area contributed by atoms with Crippen LogP contribution in [0.1, 0.15) is 5.56 Å². The summed E-state index contributed by atoms with van der Waals surface area (Å²) < 4.78 is 19.5. The predicted molar refractivity (Wildman–Crippen MR) is 75.1 cm³/mol. The lowest BCUT2D eigenvalue weighted by molar-refractivity contribution is 0.412. The van der Waals surface area contributed by atoms with E-state index in [0.29, 0.717) is 11.4 Å². The molecule has 3 nitrogen and oxygen atoms in total. The van der Waals surface area contributed by atoms with Gasteiger partial charge < -0.3 is 10.1 Å². The van der Waals surface area contributed by atoms with E-state index in [2.05, 4.69) is 21.2 Å². The van der Waals surface area contributed by atoms with Crippen molar-refractivity contribution in [3.05, 3.63) is 52.3 Å². The quantitative estimate of drug-likeness (QED) is 0.921. The number of methoxy groups -OCH3 is 1. The van der Waals surface area contributed by atoms with Crippen LogP contribution in [0.2, 0.25) is 0 Å². The molecule has 0 fully saturated rings. The molecule has 0 amide bonds. The molecular weight excluding hydrogens is 311 g/mol. The van der Waals surface area contributed by atoms with Crippen molar-refractivity contribution in [1.29, 1.82) is 5.26 Å². The fourth-order valence-electron chi connectivity index (χ4n) is 1.59. The molecule has 0 saturated heterocycles. The summed E-state index contributed by atoms with van der Waals surface area (Å²) in [5.41, 5.74) is 1.36. The average molecular weight is 321 g/mol. The van der Waals surface area contributed by atoms with Crippen LogP contribution in [0.5, 0.6) is 5.75 Å². The van der Waals surface area contributed by atoms with Gasteiger partial charge in [-0.05, 0) is 46.3 Å². The number of halogens is 2. The third-order valence-electron chi connectivity index (χ3n) is 2.53. The maximum Gasteiger partial charge on any atom is 0.143 e. The van der Waals surface area contributed by atoms with Gasteiger partial charge in [-0.25, -0.2) is 4.39 Å². The summed E-state index contributed by atoms with van der Waals surface area (Å²) in [4.78, 5) is 0. The summed E-state index contributed by atoms with van der Waals surface area (Å²) in [5.74, 6) is 0.135. The Morgan fingerprint density at radius 1 is 1.21 bits per heavy atom. The molecule has 19 heavy (non-hydrogen) atoms. The number of ether oxygens (including phenoxy) is 1. The SMILES string of the molecule is COc1cc(Nc2ccc(C#N)c(F)c2)ccc1Br. The van der Waals surface area contributed by atoms with Crippen LogP contribution in [0, 0.1) is 17.1 Å². The van der Waals surface area contributed by atoms with Crippen LogP contribution in [0.25, 0.3) is 0 Å². The summed E-state index contributed by atoms with van der Waals surface area (Å²) in [6.45, 7) is 0. The summed E-state index contributed by atoms with van der Waals surface area (Å²) in [6.07, 6.45) is 0. The number of nitriles is 1. The summed E-state index contributed by atoms with van der Waals surface area (Å²) in [5, 5.41) is 11.7. The second-order valence-corrected chi connectivity index (χ2v) is 4.64. The van der Waals surface area contributed by atoms with Crippen LogP contribution in [0.4, 0.5) is 15.8 Å². The van der Waals surface area contributed by atoms with Gasteiger partial charge >= 0.3 is 0 Å². The molecule has 0 aliphatic carbocycles. The van der Waals surface area contributed by atoms with E-state index in [4.69, 9.17) is 10.00 Å². The molecule has 0 aliphatic rings. The first-order valence-corrected chi connectivity index (χ1v) is 6.23. The standard InChI is InChI=1S/C14H10BrFN2O/c1-19-14-7-11(4-5-12(14)15)18-10-3-2-9(8-17)13(16)6-10/h2-7,18H,1H3. The van der Waals surface area contributed by atoms with Gasteiger partial charge in [0.15, 0.2) is 0 Å². The van der Waals surface area contributed by atoms with E-state index in [1.165, 1.54) is 12.1 Å². The molecule has 0 saturated carbocycles. The van der Waals surface area contributed by atoms with Crippen molar-refractivity contribution in [3.63, 3.8) is 0 Å². The van der Waals surface area contributed by atoms with Crippen molar-refractivity contribution in [3.8, 4) is 11.8 Å². The predicted octanol–water partition coefficient (Wildman–Crippen LogP) is 4.21. The fraction of sp³-hybridized carbons (Fsp3) is 0.0714. The highest BCUT2D eigenvalue weighted by atomic mass is 79.9. The third kappa shape index (κ3) is 3.04. The molecule has 0 heterocycles. The second kappa shape index (κ2) is 5.72. The van der Waals surface area contributed by atoms with Crippen molar-refractivity contribution in [2.75, 3.05) is 12.4 Å². The van der Waals surface area contributed by atoms with Gasteiger partial charge in [-0.2, -0.15) is 5.26 Å². The van der Waals surface area contributed by atoms with Crippen LogP contribution in [0.3, 0.4) is 0 Å². The van der Waals surface area contributed by atoms with Gasteiger partial charge in [0.05, 0.1) is 17.1 Å². The smallest absolute Gasteiger partial charge is 0.143 e. The van der Waals surface area contributed by atoms with E-state index in [9.17, 15) is 4.39 Å². The van der Waals surface area contributed by atoms with Gasteiger partial charge in [-0.15, -0.1) is 0 Å². The van der Waals surface area contributed by atoms with E-state index in [0.717, 1.165) is 10.2 Å². The van der Waals surface area contributed by atoms with Crippen molar-refractivity contribution in [2.24, 2.45) is 0 Å². The highest BCUT2D eigenvalue weighted by Crippen LogP contribution is 2.29. The Balaban J connectivity index is 2.26. The van der Waals surface area contributed by atoms with Crippen LogP contribution >= 0.6 is 15.9 Å². The molecule has 2 aromatic rings. The molecule has 96 valence electrons. The van der Waals surface area contributed by atoms with Gasteiger partial charge in [0.2, 0.25) is 0 Å². The van der Waals surface area contributed by atoms with Crippen LogP contribution in [0.15, 0.2) is 40.9 Å². The summed E-state index contributed by atoms with van der Waals surface area (Å²) in [7, 11) is 1.57. The Kier molecular flexibility index (Phi) is 4.03. The van der Waals surface area contributed by atoms with Gasteiger partial charge in [0.25, 0.3) is 0 Å². The maximum atomic E-state index is 13.5. The van der Waals surface area contributed by atoms with E-state index in [1.54, 1.807) is 25.3 Å². The number of nitrogens with zero attached hydrogens (tertiary/aromatic N) is 1. The molecule has 1 N–H and O–H groups in total. The minimum absolute atomic E-state index is 0.0268. The van der Waals surface area contributed by atoms with Crippen LogP contribution in [-0.4, -0.2) is 7.11 Å². The third-order valence-corrected chi connectivity index (χ3v) is 3.18. The van der Waals surface area contributed by atoms with E-state index in [-0.39, 0.29) is 5.56 Å². The van der Waals surface area contributed by atoms with E-state index < -0.39 is 5.82 Å². The number of anilines is 2. The number of hydrogen-bond acceptors (Lipinski definition) is 3. The fourth-order valence-corrected chi connectivity index (χ4v) is 2.00. The zero-order chi connectivity index (χ0) is 13.8. The first-order chi connectivity index (χ1) is 9.13. The molecule has 0 unspecified atom stereocenters. The first-order valence-electron chi connectivity index (χ1n) is 5.44. The van der Waals surface area contributed by atoms with Crippen LogP contribution < -0.4 is 10.1 Å².